The highest BCUT2D eigenvalue weighted by molar-refractivity contribution is 6.39. The summed E-state index contributed by atoms with van der Waals surface area (Å²) < 4.78 is 10.3. The molecule has 0 unspecified atom stereocenters. The summed E-state index contributed by atoms with van der Waals surface area (Å²) in [6.07, 6.45) is -0.121. The molecule has 9 nitrogen and oxygen atoms in total. The number of amides is 3. The number of benzene rings is 2. The molecule has 3 amide bonds. The normalized spacial score (nSPS) is 10.7. The fourth-order valence-corrected chi connectivity index (χ4v) is 2.54. The fraction of sp³-hybridized carbons (Fsp3) is 0.200. The Kier molecular flexibility index (Phi) is 8.18. The van der Waals surface area contributed by atoms with Crippen LogP contribution in [0.5, 0.6) is 11.5 Å². The van der Waals surface area contributed by atoms with Gasteiger partial charge in [0.2, 0.25) is 5.91 Å². The van der Waals surface area contributed by atoms with Crippen molar-refractivity contribution in [2.24, 2.45) is 5.10 Å². The van der Waals surface area contributed by atoms with Gasteiger partial charge in [-0.15, -0.1) is 0 Å². The molecule has 0 spiro atoms. The number of ether oxygens (including phenoxy) is 2. The van der Waals surface area contributed by atoms with Crippen LogP contribution in [0.15, 0.2) is 47.6 Å². The lowest BCUT2D eigenvalue weighted by atomic mass is 10.2. The maximum atomic E-state index is 12.2. The van der Waals surface area contributed by atoms with Crippen molar-refractivity contribution in [2.45, 2.75) is 13.3 Å². The molecule has 0 aromatic heterocycles. The Balaban J connectivity index is 1.91. The van der Waals surface area contributed by atoms with Crippen molar-refractivity contribution in [3.8, 4) is 11.5 Å². The third kappa shape index (κ3) is 6.49. The van der Waals surface area contributed by atoms with E-state index in [9.17, 15) is 14.4 Å². The van der Waals surface area contributed by atoms with Gasteiger partial charge in [0.1, 0.15) is 11.5 Å². The van der Waals surface area contributed by atoms with Crippen LogP contribution >= 0.6 is 11.6 Å². The highest BCUT2D eigenvalue weighted by atomic mass is 35.5. The van der Waals surface area contributed by atoms with E-state index in [-0.39, 0.29) is 12.1 Å². The molecular weight excluding hydrogens is 412 g/mol. The number of halogens is 1. The Hall–Kier alpha value is -3.59. The van der Waals surface area contributed by atoms with Gasteiger partial charge in [0.15, 0.2) is 0 Å². The number of hydrogen-bond acceptors (Lipinski definition) is 6. The van der Waals surface area contributed by atoms with Crippen LogP contribution in [0.4, 0.5) is 11.4 Å². The Morgan fingerprint density at radius 2 is 1.60 bits per heavy atom. The van der Waals surface area contributed by atoms with E-state index in [0.29, 0.717) is 27.9 Å². The Morgan fingerprint density at radius 3 is 2.30 bits per heavy atom. The van der Waals surface area contributed by atoms with E-state index >= 15 is 0 Å². The molecule has 2 aromatic carbocycles. The maximum absolute atomic E-state index is 12.2. The van der Waals surface area contributed by atoms with Crippen LogP contribution < -0.4 is 25.5 Å². The van der Waals surface area contributed by atoms with E-state index in [4.69, 9.17) is 21.1 Å². The molecule has 0 atom stereocenters. The first-order chi connectivity index (χ1) is 14.3. The molecule has 0 radical (unpaired) electrons. The van der Waals surface area contributed by atoms with E-state index in [1.54, 1.807) is 42.5 Å². The van der Waals surface area contributed by atoms with Gasteiger partial charge in [-0.25, -0.2) is 5.43 Å². The Labute approximate surface area is 178 Å². The molecule has 0 heterocycles. The van der Waals surface area contributed by atoms with Gasteiger partial charge < -0.3 is 20.1 Å². The zero-order chi connectivity index (χ0) is 22.1. The lowest BCUT2D eigenvalue weighted by molar-refractivity contribution is -0.136. The summed E-state index contributed by atoms with van der Waals surface area (Å²) in [5.74, 6) is -1.46. The molecule has 0 aliphatic heterocycles. The van der Waals surface area contributed by atoms with Crippen molar-refractivity contribution in [1.82, 2.24) is 5.43 Å². The van der Waals surface area contributed by atoms with Gasteiger partial charge in [0.25, 0.3) is 0 Å². The van der Waals surface area contributed by atoms with Crippen molar-refractivity contribution >= 4 is 46.4 Å². The molecule has 10 heteroatoms. The number of hydrogen-bond donors (Lipinski definition) is 3. The van der Waals surface area contributed by atoms with Gasteiger partial charge in [-0.2, -0.15) is 5.10 Å². The van der Waals surface area contributed by atoms with Crippen LogP contribution in [0.2, 0.25) is 5.02 Å². The molecule has 3 N–H and O–H groups in total. The number of hydrazone groups is 1. The third-order valence-corrected chi connectivity index (χ3v) is 4.00. The molecule has 2 rings (SSSR count). The highest BCUT2D eigenvalue weighted by Crippen LogP contribution is 2.27. The van der Waals surface area contributed by atoms with Gasteiger partial charge in [-0.1, -0.05) is 23.7 Å². The molecular formula is C20H21ClN4O5. The lowest BCUT2D eigenvalue weighted by Crippen LogP contribution is -2.33. The summed E-state index contributed by atoms with van der Waals surface area (Å²) in [7, 11) is 2.92. The number of methoxy groups -OCH3 is 2. The highest BCUT2D eigenvalue weighted by Gasteiger charge is 2.16. The number of rotatable bonds is 7. The van der Waals surface area contributed by atoms with Crippen LogP contribution in [-0.2, 0) is 14.4 Å². The SMILES string of the molecule is COc1ccc(Cl)cc1NC(=O)CC(C)=NNC(=O)C(=O)Nc1ccccc1OC. The van der Waals surface area contributed by atoms with Crippen molar-refractivity contribution in [2.75, 3.05) is 24.9 Å². The zero-order valence-corrected chi connectivity index (χ0v) is 17.4. The van der Waals surface area contributed by atoms with Crippen LogP contribution in [0.1, 0.15) is 13.3 Å². The van der Waals surface area contributed by atoms with Gasteiger partial charge in [0.05, 0.1) is 32.0 Å². The van der Waals surface area contributed by atoms with Crippen molar-refractivity contribution in [3.63, 3.8) is 0 Å². The standard InChI is InChI=1S/C20H21ClN4O5/c1-12(10-18(26)22-15-11-13(21)8-9-17(15)30-3)24-25-20(28)19(27)23-14-6-4-5-7-16(14)29-2/h4-9,11H,10H2,1-3H3,(H,22,26)(H,23,27)(H,25,28). The summed E-state index contributed by atoms with van der Waals surface area (Å²) >= 11 is 5.93. The van der Waals surface area contributed by atoms with Crippen molar-refractivity contribution in [3.05, 3.63) is 47.5 Å². The maximum Gasteiger partial charge on any atom is 0.329 e. The first-order valence-electron chi connectivity index (χ1n) is 8.75. The van der Waals surface area contributed by atoms with Crippen LogP contribution in [0, 0.1) is 0 Å². The Bertz CT molecular complexity index is 977. The summed E-state index contributed by atoms with van der Waals surface area (Å²) in [6.45, 7) is 1.53. The third-order valence-electron chi connectivity index (χ3n) is 3.76. The number of carbonyl (C=O) groups excluding carboxylic acids is 3. The average molecular weight is 433 g/mol. The fourth-order valence-electron chi connectivity index (χ4n) is 2.37. The van der Waals surface area contributed by atoms with E-state index in [2.05, 4.69) is 21.2 Å². The predicted molar refractivity (Wildman–Crippen MR) is 114 cm³/mol. The molecule has 0 aliphatic carbocycles. The number of carbonyl (C=O) groups is 3. The van der Waals surface area contributed by atoms with Gasteiger partial charge in [-0.05, 0) is 37.3 Å². The van der Waals surface area contributed by atoms with Gasteiger partial charge in [-0.3, -0.25) is 14.4 Å². The summed E-state index contributed by atoms with van der Waals surface area (Å²) in [5.41, 5.74) is 3.14. The summed E-state index contributed by atoms with van der Waals surface area (Å²) in [5, 5.41) is 9.29. The van der Waals surface area contributed by atoms with E-state index in [1.807, 2.05) is 0 Å². The van der Waals surface area contributed by atoms with Gasteiger partial charge in [0, 0.05) is 10.7 Å². The predicted octanol–water partition coefficient (Wildman–Crippen LogP) is 2.82. The average Bonchev–Trinajstić information content (AvgIpc) is 2.72. The van der Waals surface area contributed by atoms with Crippen molar-refractivity contribution in [1.29, 1.82) is 0 Å². The largest absolute Gasteiger partial charge is 0.495 e. The van der Waals surface area contributed by atoms with Crippen molar-refractivity contribution < 1.29 is 23.9 Å². The Morgan fingerprint density at radius 1 is 0.933 bits per heavy atom. The minimum absolute atomic E-state index is 0.121. The lowest BCUT2D eigenvalue weighted by Gasteiger charge is -2.10. The second-order valence-electron chi connectivity index (χ2n) is 6.01. The second-order valence-corrected chi connectivity index (χ2v) is 6.45. The molecule has 0 bridgehead atoms. The van der Waals surface area contributed by atoms with E-state index in [0.717, 1.165) is 0 Å². The monoisotopic (exact) mass is 432 g/mol. The molecule has 0 fully saturated rings. The molecule has 158 valence electrons. The molecule has 0 saturated carbocycles. The summed E-state index contributed by atoms with van der Waals surface area (Å²) in [4.78, 5) is 36.1. The zero-order valence-electron chi connectivity index (χ0n) is 16.6. The molecule has 0 aliphatic rings. The molecule has 2 aromatic rings. The van der Waals surface area contributed by atoms with Gasteiger partial charge >= 0.3 is 11.8 Å². The first-order valence-corrected chi connectivity index (χ1v) is 9.12. The van der Waals surface area contributed by atoms with Crippen LogP contribution in [0.25, 0.3) is 0 Å². The molecule has 0 saturated heterocycles. The van der Waals surface area contributed by atoms with E-state index < -0.39 is 17.7 Å². The number of nitrogens with one attached hydrogen (secondary N) is 3. The van der Waals surface area contributed by atoms with E-state index in [1.165, 1.54) is 21.1 Å². The van der Waals surface area contributed by atoms with Crippen LogP contribution in [0.3, 0.4) is 0 Å². The second kappa shape index (κ2) is 10.8. The summed E-state index contributed by atoms with van der Waals surface area (Å²) in [6, 6.07) is 11.5. The number of nitrogens with zero attached hydrogens (tertiary/aromatic N) is 1. The number of anilines is 2. The van der Waals surface area contributed by atoms with Crippen LogP contribution in [-0.4, -0.2) is 37.7 Å². The number of para-hydroxylation sites is 2. The smallest absolute Gasteiger partial charge is 0.329 e. The minimum atomic E-state index is -0.989. The molecule has 30 heavy (non-hydrogen) atoms. The topological polar surface area (TPSA) is 118 Å². The first kappa shape index (κ1) is 22.7. The minimum Gasteiger partial charge on any atom is -0.495 e. The quantitative estimate of drug-likeness (QED) is 0.353.